The molecule has 3 heteroatoms. The molecule has 0 aliphatic heterocycles. The van der Waals surface area contributed by atoms with Crippen LogP contribution in [0.3, 0.4) is 0 Å². The average molecular weight is 300 g/mol. The first-order valence-corrected chi connectivity index (χ1v) is 7.84. The quantitative estimate of drug-likeness (QED) is 0.395. The van der Waals surface area contributed by atoms with Crippen LogP contribution in [0.5, 0.6) is 0 Å². The summed E-state index contributed by atoms with van der Waals surface area (Å²) in [5.74, 6) is 0. The van der Waals surface area contributed by atoms with E-state index in [-0.39, 0.29) is 0 Å². The van der Waals surface area contributed by atoms with E-state index in [1.807, 2.05) is 37.4 Å². The third-order valence-corrected chi connectivity index (χ3v) is 5.08. The van der Waals surface area contributed by atoms with Gasteiger partial charge in [-0.25, -0.2) is 4.85 Å². The van der Waals surface area contributed by atoms with Crippen LogP contribution in [0.25, 0.3) is 36.3 Å². The Labute approximate surface area is 132 Å². The molecule has 0 unspecified atom stereocenters. The van der Waals surface area contributed by atoms with Gasteiger partial charge in [-0.1, -0.05) is 30.3 Å². The van der Waals surface area contributed by atoms with Crippen LogP contribution < -0.4 is 0 Å². The first-order valence-electron chi connectivity index (χ1n) is 7.02. The lowest BCUT2D eigenvalue weighted by molar-refractivity contribution is 1.33. The van der Waals surface area contributed by atoms with E-state index >= 15 is 0 Å². The molecule has 2 aromatic carbocycles. The number of pyridine rings is 1. The Balaban J connectivity index is 2.10. The Morgan fingerprint density at radius 3 is 2.73 bits per heavy atom. The molecule has 0 amide bonds. The molecular formula is C19H12N2S. The second-order valence-electron chi connectivity index (χ2n) is 5.25. The summed E-state index contributed by atoms with van der Waals surface area (Å²) in [6, 6.07) is 16.5. The van der Waals surface area contributed by atoms with Crippen LogP contribution in [0.1, 0.15) is 5.56 Å². The van der Waals surface area contributed by atoms with Crippen molar-refractivity contribution < 1.29 is 0 Å². The predicted molar refractivity (Wildman–Crippen MR) is 93.6 cm³/mol. The van der Waals surface area contributed by atoms with Crippen LogP contribution in [0.2, 0.25) is 0 Å². The summed E-state index contributed by atoms with van der Waals surface area (Å²) < 4.78 is 2.40. The van der Waals surface area contributed by atoms with Gasteiger partial charge >= 0.3 is 0 Å². The van der Waals surface area contributed by atoms with Gasteiger partial charge in [-0.2, -0.15) is 0 Å². The molecule has 104 valence electrons. The van der Waals surface area contributed by atoms with Gasteiger partial charge in [0.05, 0.1) is 12.3 Å². The van der Waals surface area contributed by atoms with E-state index in [0.717, 1.165) is 27.2 Å². The van der Waals surface area contributed by atoms with Crippen molar-refractivity contribution in [1.82, 2.24) is 4.98 Å². The zero-order valence-electron chi connectivity index (χ0n) is 12.0. The lowest BCUT2D eigenvalue weighted by atomic mass is 10.0. The monoisotopic (exact) mass is 300 g/mol. The Morgan fingerprint density at radius 1 is 1.05 bits per heavy atom. The number of aromatic nitrogens is 1. The zero-order chi connectivity index (χ0) is 15.1. The van der Waals surface area contributed by atoms with Crippen LogP contribution in [0.15, 0.2) is 54.7 Å². The van der Waals surface area contributed by atoms with E-state index in [1.165, 1.54) is 15.5 Å². The van der Waals surface area contributed by atoms with E-state index in [9.17, 15) is 0 Å². The lowest BCUT2D eigenvalue weighted by Gasteiger charge is -2.02. The Hall–Kier alpha value is -2.70. The molecule has 0 aliphatic carbocycles. The summed E-state index contributed by atoms with van der Waals surface area (Å²) in [4.78, 5) is 8.09. The molecule has 0 saturated carbocycles. The predicted octanol–water partition coefficient (Wildman–Crippen LogP) is 5.98. The van der Waals surface area contributed by atoms with Gasteiger partial charge in [-0.15, -0.1) is 11.3 Å². The smallest absolute Gasteiger partial charge is 0.191 e. The van der Waals surface area contributed by atoms with Gasteiger partial charge < -0.3 is 0 Å². The first-order chi connectivity index (χ1) is 10.8. The van der Waals surface area contributed by atoms with Crippen molar-refractivity contribution >= 4 is 37.2 Å². The van der Waals surface area contributed by atoms with Crippen molar-refractivity contribution in [1.29, 1.82) is 0 Å². The van der Waals surface area contributed by atoms with Gasteiger partial charge in [0.25, 0.3) is 0 Å². The zero-order valence-corrected chi connectivity index (χ0v) is 12.8. The molecule has 4 aromatic rings. The highest BCUT2D eigenvalue weighted by atomic mass is 32.1. The van der Waals surface area contributed by atoms with E-state index in [2.05, 4.69) is 34.1 Å². The first kappa shape index (κ1) is 13.0. The van der Waals surface area contributed by atoms with Crippen LogP contribution in [0.4, 0.5) is 5.69 Å². The molecule has 0 N–H and O–H groups in total. The van der Waals surface area contributed by atoms with Crippen molar-refractivity contribution in [3.8, 4) is 11.3 Å². The molecule has 2 heterocycles. The average Bonchev–Trinajstić information content (AvgIpc) is 2.92. The fourth-order valence-corrected chi connectivity index (χ4v) is 4.03. The molecule has 4 rings (SSSR count). The molecular weight excluding hydrogens is 288 g/mol. The molecule has 0 saturated heterocycles. The van der Waals surface area contributed by atoms with Crippen molar-refractivity contribution in [3.05, 3.63) is 71.7 Å². The summed E-state index contributed by atoms with van der Waals surface area (Å²) in [5, 5.41) is 2.46. The third kappa shape index (κ3) is 1.89. The molecule has 0 spiro atoms. The van der Waals surface area contributed by atoms with Crippen molar-refractivity contribution in [2.24, 2.45) is 0 Å². The highest BCUT2D eigenvalue weighted by molar-refractivity contribution is 7.26. The van der Waals surface area contributed by atoms with E-state index < -0.39 is 0 Å². The lowest BCUT2D eigenvalue weighted by Crippen LogP contribution is -1.81. The van der Waals surface area contributed by atoms with Gasteiger partial charge in [0, 0.05) is 26.5 Å². The van der Waals surface area contributed by atoms with Crippen molar-refractivity contribution in [3.63, 3.8) is 0 Å². The van der Waals surface area contributed by atoms with Gasteiger partial charge in [0.15, 0.2) is 5.69 Å². The SMILES string of the molecule is [C-]#[N+]c1cc2sc3c(-c4ccccn4)cccc3c2cc1C. The maximum Gasteiger partial charge on any atom is 0.191 e. The molecule has 0 fully saturated rings. The number of thiophene rings is 1. The second-order valence-corrected chi connectivity index (χ2v) is 6.30. The molecule has 2 aromatic heterocycles. The largest absolute Gasteiger partial charge is 0.256 e. The highest BCUT2D eigenvalue weighted by Crippen LogP contribution is 2.41. The van der Waals surface area contributed by atoms with Crippen molar-refractivity contribution in [2.75, 3.05) is 0 Å². The maximum atomic E-state index is 7.29. The summed E-state index contributed by atoms with van der Waals surface area (Å²) >= 11 is 1.74. The van der Waals surface area contributed by atoms with Crippen LogP contribution in [-0.4, -0.2) is 4.98 Å². The number of aryl methyl sites for hydroxylation is 1. The minimum Gasteiger partial charge on any atom is -0.256 e. The van der Waals surface area contributed by atoms with Gasteiger partial charge in [-0.3, -0.25) is 4.98 Å². The van der Waals surface area contributed by atoms with E-state index in [0.29, 0.717) is 0 Å². The van der Waals surface area contributed by atoms with E-state index in [1.54, 1.807) is 11.3 Å². The Bertz CT molecular complexity index is 1040. The summed E-state index contributed by atoms with van der Waals surface area (Å²) in [6.07, 6.45) is 1.82. The summed E-state index contributed by atoms with van der Waals surface area (Å²) in [6.45, 7) is 9.29. The number of benzene rings is 2. The topological polar surface area (TPSA) is 17.2 Å². The molecule has 0 bridgehead atoms. The Morgan fingerprint density at radius 2 is 1.95 bits per heavy atom. The van der Waals surface area contributed by atoms with Crippen LogP contribution >= 0.6 is 11.3 Å². The number of hydrogen-bond acceptors (Lipinski definition) is 2. The molecule has 2 nitrogen and oxygen atoms in total. The van der Waals surface area contributed by atoms with Gasteiger partial charge in [0.1, 0.15) is 0 Å². The van der Waals surface area contributed by atoms with Gasteiger partial charge in [-0.05, 0) is 36.1 Å². The second kappa shape index (κ2) is 4.94. The van der Waals surface area contributed by atoms with E-state index in [4.69, 9.17) is 6.57 Å². The van der Waals surface area contributed by atoms with Crippen molar-refractivity contribution in [2.45, 2.75) is 6.92 Å². The van der Waals surface area contributed by atoms with Gasteiger partial charge in [0.2, 0.25) is 0 Å². The fraction of sp³-hybridized carbons (Fsp3) is 0.0526. The molecule has 0 atom stereocenters. The standard InChI is InChI=1S/C19H12N2S/c1-12-10-15-13-6-5-7-14(16-8-3-4-9-21-16)19(13)22-18(15)11-17(12)20-2/h3-11H,1H3. The Kier molecular flexibility index (Phi) is 2.92. The fourth-order valence-electron chi connectivity index (χ4n) is 2.79. The van der Waals surface area contributed by atoms with Crippen LogP contribution in [-0.2, 0) is 0 Å². The third-order valence-electron chi connectivity index (χ3n) is 3.88. The number of hydrogen-bond donors (Lipinski definition) is 0. The molecule has 0 aliphatic rings. The normalized spacial score (nSPS) is 10.9. The highest BCUT2D eigenvalue weighted by Gasteiger charge is 2.12. The number of fused-ring (bicyclic) bond motifs is 3. The molecule has 22 heavy (non-hydrogen) atoms. The maximum absolute atomic E-state index is 7.29. The number of nitrogens with zero attached hydrogens (tertiary/aromatic N) is 2. The summed E-state index contributed by atoms with van der Waals surface area (Å²) in [7, 11) is 0. The minimum absolute atomic E-state index is 0.735. The number of rotatable bonds is 1. The summed E-state index contributed by atoms with van der Waals surface area (Å²) in [5.41, 5.74) is 3.91. The minimum atomic E-state index is 0.735. The van der Waals surface area contributed by atoms with Crippen LogP contribution in [0, 0.1) is 13.5 Å². The molecule has 0 radical (unpaired) electrons.